The molecule has 0 spiro atoms. The van der Waals surface area contributed by atoms with Gasteiger partial charge >= 0.3 is 5.97 Å². The Labute approximate surface area is 207 Å². The van der Waals surface area contributed by atoms with Crippen molar-refractivity contribution < 1.29 is 24.1 Å². The number of aromatic carboxylic acids is 1. The SMILES string of the molecule is CCOCCOc1cccc(OCc2c(Cl)cc(Cl)c(=O)n2CCc2ccc(C(=O)O)cc2)c1. The van der Waals surface area contributed by atoms with E-state index in [1.165, 1.54) is 22.8 Å². The molecule has 0 aliphatic carbocycles. The highest BCUT2D eigenvalue weighted by molar-refractivity contribution is 6.34. The fourth-order valence-electron chi connectivity index (χ4n) is 3.24. The zero-order chi connectivity index (χ0) is 24.5. The number of rotatable bonds is 12. The van der Waals surface area contributed by atoms with Crippen LogP contribution in [0, 0.1) is 0 Å². The summed E-state index contributed by atoms with van der Waals surface area (Å²) in [5.41, 5.74) is 1.18. The third-order valence-corrected chi connectivity index (χ3v) is 5.61. The molecule has 2 aromatic carbocycles. The number of benzene rings is 2. The van der Waals surface area contributed by atoms with Gasteiger partial charge in [-0.15, -0.1) is 0 Å². The fourth-order valence-corrected chi connectivity index (χ4v) is 3.78. The molecule has 180 valence electrons. The van der Waals surface area contributed by atoms with Gasteiger partial charge in [-0.3, -0.25) is 4.79 Å². The number of hydrogen-bond donors (Lipinski definition) is 1. The molecule has 1 aromatic heterocycles. The number of carboxylic acid groups (broad SMARTS) is 1. The van der Waals surface area contributed by atoms with E-state index in [9.17, 15) is 9.59 Å². The second-order valence-electron chi connectivity index (χ2n) is 7.30. The van der Waals surface area contributed by atoms with Crippen molar-refractivity contribution in [3.05, 3.63) is 91.8 Å². The fraction of sp³-hybridized carbons (Fsp3) is 0.280. The van der Waals surface area contributed by atoms with E-state index in [-0.39, 0.29) is 22.8 Å². The van der Waals surface area contributed by atoms with Crippen LogP contribution in [0.4, 0.5) is 0 Å². The maximum absolute atomic E-state index is 12.8. The van der Waals surface area contributed by atoms with Crippen LogP contribution in [0.25, 0.3) is 0 Å². The predicted octanol–water partition coefficient (Wildman–Crippen LogP) is 5.09. The van der Waals surface area contributed by atoms with Crippen molar-refractivity contribution in [1.29, 1.82) is 0 Å². The van der Waals surface area contributed by atoms with Crippen LogP contribution < -0.4 is 15.0 Å². The number of carboxylic acids is 1. The molecule has 7 nitrogen and oxygen atoms in total. The van der Waals surface area contributed by atoms with Gasteiger partial charge in [-0.2, -0.15) is 0 Å². The minimum Gasteiger partial charge on any atom is -0.491 e. The predicted molar refractivity (Wildman–Crippen MR) is 131 cm³/mol. The monoisotopic (exact) mass is 505 g/mol. The largest absolute Gasteiger partial charge is 0.491 e. The highest BCUT2D eigenvalue weighted by Crippen LogP contribution is 2.24. The molecule has 1 N–H and O–H groups in total. The standard InChI is InChI=1S/C25H25Cl2NO6/c1-2-32-12-13-33-19-4-3-5-20(14-19)34-16-23-21(26)15-22(27)24(29)28(23)11-10-17-6-8-18(9-7-17)25(30)31/h3-9,14-15H,2,10-13,16H2,1H3,(H,30,31). The Morgan fingerprint density at radius 3 is 2.35 bits per heavy atom. The average molecular weight is 506 g/mol. The Hall–Kier alpha value is -3.00. The number of aryl methyl sites for hydroxylation is 1. The molecule has 1 heterocycles. The number of carbonyl (C=O) groups is 1. The third kappa shape index (κ3) is 7.00. The molecular weight excluding hydrogens is 481 g/mol. The van der Waals surface area contributed by atoms with Gasteiger partial charge in [-0.25, -0.2) is 4.79 Å². The van der Waals surface area contributed by atoms with Crippen LogP contribution >= 0.6 is 23.2 Å². The first-order chi connectivity index (χ1) is 16.4. The van der Waals surface area contributed by atoms with Crippen LogP contribution in [0.3, 0.4) is 0 Å². The van der Waals surface area contributed by atoms with Crippen LogP contribution in [0.2, 0.25) is 10.0 Å². The Morgan fingerprint density at radius 1 is 0.971 bits per heavy atom. The van der Waals surface area contributed by atoms with Crippen molar-refractivity contribution in [3.8, 4) is 11.5 Å². The number of ether oxygens (including phenoxy) is 3. The molecule has 0 atom stereocenters. The van der Waals surface area contributed by atoms with Crippen LogP contribution in [0.15, 0.2) is 59.4 Å². The summed E-state index contributed by atoms with van der Waals surface area (Å²) in [4.78, 5) is 23.8. The number of halogens is 2. The van der Waals surface area contributed by atoms with E-state index in [1.54, 1.807) is 24.3 Å². The van der Waals surface area contributed by atoms with Gasteiger partial charge in [0.2, 0.25) is 0 Å². The van der Waals surface area contributed by atoms with Gasteiger partial charge in [-0.1, -0.05) is 41.4 Å². The number of hydrogen-bond acceptors (Lipinski definition) is 5. The highest BCUT2D eigenvalue weighted by atomic mass is 35.5. The lowest BCUT2D eigenvalue weighted by Gasteiger charge is -2.16. The molecule has 0 saturated carbocycles. The van der Waals surface area contributed by atoms with Crippen LogP contribution in [0.5, 0.6) is 11.5 Å². The van der Waals surface area contributed by atoms with E-state index in [0.29, 0.717) is 55.0 Å². The van der Waals surface area contributed by atoms with E-state index < -0.39 is 5.97 Å². The zero-order valence-electron chi connectivity index (χ0n) is 18.6. The van der Waals surface area contributed by atoms with Crippen molar-refractivity contribution in [3.63, 3.8) is 0 Å². The Bertz CT molecular complexity index is 1180. The average Bonchev–Trinajstić information content (AvgIpc) is 2.83. The molecule has 0 aliphatic heterocycles. The van der Waals surface area contributed by atoms with Gasteiger partial charge < -0.3 is 23.9 Å². The van der Waals surface area contributed by atoms with Gasteiger partial charge in [0.15, 0.2) is 0 Å². The maximum Gasteiger partial charge on any atom is 0.335 e. The van der Waals surface area contributed by atoms with Crippen molar-refractivity contribution in [2.75, 3.05) is 19.8 Å². The molecule has 0 saturated heterocycles. The van der Waals surface area contributed by atoms with Crippen molar-refractivity contribution >= 4 is 29.2 Å². The van der Waals surface area contributed by atoms with Gasteiger partial charge in [0, 0.05) is 19.2 Å². The maximum atomic E-state index is 12.8. The van der Waals surface area contributed by atoms with Crippen molar-refractivity contribution in [2.45, 2.75) is 26.5 Å². The summed E-state index contributed by atoms with van der Waals surface area (Å²) >= 11 is 12.5. The molecule has 0 aliphatic rings. The minimum absolute atomic E-state index is 0.0136. The quantitative estimate of drug-likeness (QED) is 0.345. The van der Waals surface area contributed by atoms with E-state index in [4.69, 9.17) is 42.5 Å². The smallest absolute Gasteiger partial charge is 0.335 e. The van der Waals surface area contributed by atoms with E-state index >= 15 is 0 Å². The summed E-state index contributed by atoms with van der Waals surface area (Å²) in [5, 5.41) is 9.38. The second kappa shape index (κ2) is 12.5. The molecule has 0 fully saturated rings. The molecule has 34 heavy (non-hydrogen) atoms. The van der Waals surface area contributed by atoms with Crippen molar-refractivity contribution in [1.82, 2.24) is 4.57 Å². The lowest BCUT2D eigenvalue weighted by molar-refractivity contribution is 0.0697. The molecule has 9 heteroatoms. The molecule has 3 rings (SSSR count). The molecule has 0 unspecified atom stereocenters. The van der Waals surface area contributed by atoms with E-state index in [2.05, 4.69) is 0 Å². The lowest BCUT2D eigenvalue weighted by Crippen LogP contribution is -2.26. The van der Waals surface area contributed by atoms with E-state index in [1.807, 2.05) is 19.1 Å². The van der Waals surface area contributed by atoms with Gasteiger partial charge in [0.05, 0.1) is 22.9 Å². The van der Waals surface area contributed by atoms with Crippen LogP contribution in [0.1, 0.15) is 28.5 Å². The summed E-state index contributed by atoms with van der Waals surface area (Å²) in [6, 6.07) is 15.1. The first-order valence-corrected chi connectivity index (χ1v) is 11.5. The number of aromatic nitrogens is 1. The first kappa shape index (κ1) is 25.6. The second-order valence-corrected chi connectivity index (χ2v) is 8.12. The summed E-state index contributed by atoms with van der Waals surface area (Å²) in [6.07, 6.45) is 0.479. The lowest BCUT2D eigenvalue weighted by atomic mass is 10.1. The Balaban J connectivity index is 1.72. The molecular formula is C25H25Cl2NO6. The van der Waals surface area contributed by atoms with Crippen LogP contribution in [-0.2, 0) is 24.3 Å². The van der Waals surface area contributed by atoms with Gasteiger partial charge in [-0.05, 0) is 49.2 Å². The molecule has 0 radical (unpaired) electrons. The number of pyridine rings is 1. The molecule has 3 aromatic rings. The summed E-state index contributed by atoms with van der Waals surface area (Å²) in [7, 11) is 0. The third-order valence-electron chi connectivity index (χ3n) is 5.01. The van der Waals surface area contributed by atoms with Crippen molar-refractivity contribution in [2.24, 2.45) is 0 Å². The highest BCUT2D eigenvalue weighted by Gasteiger charge is 2.14. The number of nitrogens with zero attached hydrogens (tertiary/aromatic N) is 1. The summed E-state index contributed by atoms with van der Waals surface area (Å²) in [5.74, 6) is 0.206. The zero-order valence-corrected chi connectivity index (χ0v) is 20.1. The van der Waals surface area contributed by atoms with Crippen LogP contribution in [-0.4, -0.2) is 35.5 Å². The Morgan fingerprint density at radius 2 is 1.68 bits per heavy atom. The summed E-state index contributed by atoms with van der Waals surface area (Å²) < 4.78 is 18.3. The summed E-state index contributed by atoms with van der Waals surface area (Å²) in [6.45, 7) is 3.81. The topological polar surface area (TPSA) is 87.0 Å². The first-order valence-electron chi connectivity index (χ1n) is 10.7. The minimum atomic E-state index is -0.993. The Kier molecular flexibility index (Phi) is 9.39. The normalized spacial score (nSPS) is 10.8. The molecule has 0 amide bonds. The molecule has 0 bridgehead atoms. The van der Waals surface area contributed by atoms with Gasteiger partial charge in [0.1, 0.15) is 29.7 Å². The van der Waals surface area contributed by atoms with E-state index in [0.717, 1.165) is 5.56 Å². The van der Waals surface area contributed by atoms with Gasteiger partial charge in [0.25, 0.3) is 5.56 Å².